The number of anilines is 4. The van der Waals surface area contributed by atoms with Crippen molar-refractivity contribution in [1.29, 1.82) is 0 Å². The Morgan fingerprint density at radius 3 is 2.62 bits per heavy atom. The molecule has 1 atom stereocenters. The van der Waals surface area contributed by atoms with E-state index in [2.05, 4.69) is 25.1 Å². The first-order valence-electron chi connectivity index (χ1n) is 11.5. The van der Waals surface area contributed by atoms with Crippen LogP contribution in [-0.4, -0.2) is 54.8 Å². The minimum atomic E-state index is -0.272. The summed E-state index contributed by atoms with van der Waals surface area (Å²) in [5.41, 5.74) is 10.1. The molecule has 3 heterocycles. The van der Waals surface area contributed by atoms with E-state index in [4.69, 9.17) is 22.1 Å². The Bertz CT molecular complexity index is 1170. The molecule has 3 N–H and O–H groups in total. The molecule has 0 unspecified atom stereocenters. The van der Waals surface area contributed by atoms with Crippen LogP contribution < -0.4 is 20.9 Å². The molecule has 0 bridgehead atoms. The number of ether oxygens (including phenoxy) is 1. The lowest BCUT2D eigenvalue weighted by atomic mass is 10.1. The standard InChI is InChI=1S/C25H27ClN6O2/c26-20-16-18(5-8-22(20)31-12-14-34-15-13-31)29-25-28-10-9-21(30-25)17-3-6-19(7-4-17)32-11-1-2-23(32)24(27)33/h3-10,16,23H,1-2,11-15H2,(H2,27,33)(H,28,29,30)/t23-/m0/s1. The lowest BCUT2D eigenvalue weighted by molar-refractivity contribution is -0.119. The molecule has 176 valence electrons. The summed E-state index contributed by atoms with van der Waals surface area (Å²) in [6, 6.07) is 15.5. The first-order valence-corrected chi connectivity index (χ1v) is 11.8. The van der Waals surface area contributed by atoms with E-state index in [0.717, 1.165) is 60.8 Å². The molecule has 0 radical (unpaired) electrons. The Labute approximate surface area is 203 Å². The highest BCUT2D eigenvalue weighted by atomic mass is 35.5. The first-order chi connectivity index (χ1) is 16.6. The van der Waals surface area contributed by atoms with Gasteiger partial charge in [0.2, 0.25) is 11.9 Å². The van der Waals surface area contributed by atoms with Gasteiger partial charge in [-0.1, -0.05) is 23.7 Å². The lowest BCUT2D eigenvalue weighted by Gasteiger charge is -2.29. The SMILES string of the molecule is NC(=O)[C@@H]1CCCN1c1ccc(-c2ccnc(Nc3ccc(N4CCOCC4)c(Cl)c3)n2)cc1. The van der Waals surface area contributed by atoms with Crippen molar-refractivity contribution in [3.05, 3.63) is 59.8 Å². The fraction of sp³-hybridized carbons (Fsp3) is 0.320. The number of nitrogens with two attached hydrogens (primary N) is 1. The zero-order valence-corrected chi connectivity index (χ0v) is 19.5. The summed E-state index contributed by atoms with van der Waals surface area (Å²) in [6.45, 7) is 3.92. The predicted molar refractivity (Wildman–Crippen MR) is 135 cm³/mol. The number of halogens is 1. The van der Waals surface area contributed by atoms with Gasteiger partial charge in [0.05, 0.1) is 29.6 Å². The number of morpholine rings is 1. The number of amides is 1. The van der Waals surface area contributed by atoms with Gasteiger partial charge in [0.1, 0.15) is 6.04 Å². The van der Waals surface area contributed by atoms with Gasteiger partial charge in [-0.2, -0.15) is 0 Å². The molecule has 0 aliphatic carbocycles. The Hall–Kier alpha value is -3.36. The van der Waals surface area contributed by atoms with Crippen LogP contribution in [0.2, 0.25) is 5.02 Å². The molecule has 0 saturated carbocycles. The largest absolute Gasteiger partial charge is 0.378 e. The molecule has 9 heteroatoms. The van der Waals surface area contributed by atoms with E-state index in [0.29, 0.717) is 24.2 Å². The summed E-state index contributed by atoms with van der Waals surface area (Å²) in [7, 11) is 0. The zero-order chi connectivity index (χ0) is 23.5. The fourth-order valence-electron chi connectivity index (χ4n) is 4.55. The van der Waals surface area contributed by atoms with Gasteiger partial charge in [0.25, 0.3) is 0 Å². The highest BCUT2D eigenvalue weighted by Gasteiger charge is 2.29. The highest BCUT2D eigenvalue weighted by molar-refractivity contribution is 6.33. The third-order valence-corrected chi connectivity index (χ3v) is 6.59. The van der Waals surface area contributed by atoms with Crippen LogP contribution in [-0.2, 0) is 9.53 Å². The van der Waals surface area contributed by atoms with E-state index in [1.807, 2.05) is 48.5 Å². The average molecular weight is 479 g/mol. The van der Waals surface area contributed by atoms with Crippen LogP contribution in [0, 0.1) is 0 Å². The van der Waals surface area contributed by atoms with Crippen molar-refractivity contribution >= 4 is 40.5 Å². The maximum atomic E-state index is 11.7. The molecule has 1 aromatic heterocycles. The Morgan fingerprint density at radius 2 is 1.88 bits per heavy atom. The summed E-state index contributed by atoms with van der Waals surface area (Å²) in [4.78, 5) is 25.1. The molecule has 0 spiro atoms. The number of hydrogen-bond donors (Lipinski definition) is 2. The molecule has 2 aliphatic heterocycles. The van der Waals surface area contributed by atoms with E-state index in [-0.39, 0.29) is 11.9 Å². The van der Waals surface area contributed by atoms with Crippen molar-refractivity contribution in [3.63, 3.8) is 0 Å². The van der Waals surface area contributed by atoms with Crippen LogP contribution in [0.4, 0.5) is 23.0 Å². The molecule has 8 nitrogen and oxygen atoms in total. The smallest absolute Gasteiger partial charge is 0.240 e. The molecule has 5 rings (SSSR count). The number of nitrogens with one attached hydrogen (secondary N) is 1. The van der Waals surface area contributed by atoms with Crippen molar-refractivity contribution in [1.82, 2.24) is 9.97 Å². The number of aromatic nitrogens is 2. The first kappa shape index (κ1) is 22.4. The zero-order valence-electron chi connectivity index (χ0n) is 18.8. The molecule has 1 amide bonds. The quantitative estimate of drug-likeness (QED) is 0.555. The van der Waals surface area contributed by atoms with Gasteiger partial charge in [-0.15, -0.1) is 0 Å². The Kier molecular flexibility index (Phi) is 6.51. The van der Waals surface area contributed by atoms with Gasteiger partial charge in [0.15, 0.2) is 0 Å². The minimum absolute atomic E-state index is 0.234. The predicted octanol–water partition coefficient (Wildman–Crippen LogP) is 3.83. The number of benzene rings is 2. The molecule has 2 fully saturated rings. The lowest BCUT2D eigenvalue weighted by Crippen LogP contribution is -2.40. The van der Waals surface area contributed by atoms with Gasteiger partial charge in [-0.05, 0) is 49.2 Å². The van der Waals surface area contributed by atoms with Gasteiger partial charge in [0, 0.05) is 42.8 Å². The van der Waals surface area contributed by atoms with Gasteiger partial charge >= 0.3 is 0 Å². The van der Waals surface area contributed by atoms with Crippen molar-refractivity contribution in [2.24, 2.45) is 5.73 Å². The summed E-state index contributed by atoms with van der Waals surface area (Å²) in [5, 5.41) is 3.93. The average Bonchev–Trinajstić information content (AvgIpc) is 3.36. The van der Waals surface area contributed by atoms with Crippen LogP contribution in [0.1, 0.15) is 12.8 Å². The van der Waals surface area contributed by atoms with Crippen LogP contribution >= 0.6 is 11.6 Å². The van der Waals surface area contributed by atoms with E-state index in [1.54, 1.807) is 6.20 Å². The molecule has 2 aliphatic rings. The number of rotatable bonds is 6. The highest BCUT2D eigenvalue weighted by Crippen LogP contribution is 2.31. The van der Waals surface area contributed by atoms with E-state index in [1.165, 1.54) is 0 Å². The second-order valence-electron chi connectivity index (χ2n) is 8.46. The second-order valence-corrected chi connectivity index (χ2v) is 8.86. The third-order valence-electron chi connectivity index (χ3n) is 6.29. The minimum Gasteiger partial charge on any atom is -0.378 e. The van der Waals surface area contributed by atoms with E-state index < -0.39 is 0 Å². The van der Waals surface area contributed by atoms with Crippen molar-refractivity contribution < 1.29 is 9.53 Å². The van der Waals surface area contributed by atoms with Gasteiger partial charge < -0.3 is 25.6 Å². The second kappa shape index (κ2) is 9.87. The van der Waals surface area contributed by atoms with Gasteiger partial charge in [-0.3, -0.25) is 4.79 Å². The normalized spacial score (nSPS) is 18.2. The number of primary amides is 1. The Morgan fingerprint density at radius 1 is 1.09 bits per heavy atom. The topological polar surface area (TPSA) is 96.6 Å². The maximum Gasteiger partial charge on any atom is 0.240 e. The van der Waals surface area contributed by atoms with Gasteiger partial charge in [-0.25, -0.2) is 9.97 Å². The van der Waals surface area contributed by atoms with Crippen LogP contribution in [0.15, 0.2) is 54.7 Å². The van der Waals surface area contributed by atoms with Crippen LogP contribution in [0.5, 0.6) is 0 Å². The van der Waals surface area contributed by atoms with Crippen molar-refractivity contribution in [3.8, 4) is 11.3 Å². The summed E-state index contributed by atoms with van der Waals surface area (Å²) in [5.74, 6) is 0.219. The molecule has 2 aromatic carbocycles. The van der Waals surface area contributed by atoms with E-state index in [9.17, 15) is 4.79 Å². The summed E-state index contributed by atoms with van der Waals surface area (Å²) < 4.78 is 5.42. The summed E-state index contributed by atoms with van der Waals surface area (Å²) >= 11 is 6.56. The maximum absolute atomic E-state index is 11.7. The number of nitrogens with zero attached hydrogens (tertiary/aromatic N) is 4. The number of hydrogen-bond acceptors (Lipinski definition) is 7. The molecule has 34 heavy (non-hydrogen) atoms. The fourth-order valence-corrected chi connectivity index (χ4v) is 4.85. The summed E-state index contributed by atoms with van der Waals surface area (Å²) in [6.07, 6.45) is 3.50. The Balaban J connectivity index is 1.30. The molecule has 2 saturated heterocycles. The van der Waals surface area contributed by atoms with E-state index >= 15 is 0 Å². The molecular formula is C25H27ClN6O2. The molecular weight excluding hydrogens is 452 g/mol. The third kappa shape index (κ3) is 4.78. The van der Waals surface area contributed by atoms with Crippen molar-refractivity contribution in [2.45, 2.75) is 18.9 Å². The van der Waals surface area contributed by atoms with Crippen LogP contribution in [0.25, 0.3) is 11.3 Å². The molecule has 3 aromatic rings. The van der Waals surface area contributed by atoms with Crippen molar-refractivity contribution in [2.75, 3.05) is 48.0 Å². The monoisotopic (exact) mass is 478 g/mol. The van der Waals surface area contributed by atoms with Crippen LogP contribution in [0.3, 0.4) is 0 Å². The number of carbonyl (C=O) groups excluding carboxylic acids is 1. The number of carbonyl (C=O) groups is 1.